The number of isothiocyanates is 1. The molecule has 0 atom stereocenters. The molecule has 0 spiro atoms. The third kappa shape index (κ3) is 5.12. The molecule has 0 N–H and O–H groups in total. The van der Waals surface area contributed by atoms with Crippen molar-refractivity contribution in [2.24, 2.45) is 28.7 Å². The molecule has 0 bridgehead atoms. The molecule has 2 aliphatic carbocycles. The Morgan fingerprint density at radius 1 is 0.963 bits per heavy atom. The highest BCUT2D eigenvalue weighted by Gasteiger charge is 2.29. The van der Waals surface area contributed by atoms with Crippen LogP contribution in [0.1, 0.15) is 56.9 Å². The number of nitrogens with zero attached hydrogens (tertiary/aromatic N) is 1. The molecule has 27 heavy (non-hydrogen) atoms. The second-order valence-corrected chi connectivity index (χ2v) is 7.97. The van der Waals surface area contributed by atoms with Crippen LogP contribution in [-0.2, 0) is 0 Å². The number of benzene rings is 1. The van der Waals surface area contributed by atoms with Crippen LogP contribution in [0.4, 0.5) is 14.5 Å². The van der Waals surface area contributed by atoms with Gasteiger partial charge in [-0.1, -0.05) is 17.9 Å². The summed E-state index contributed by atoms with van der Waals surface area (Å²) in [7, 11) is 0. The van der Waals surface area contributed by atoms with Gasteiger partial charge in [0.1, 0.15) is 5.69 Å². The molecule has 2 aliphatic rings. The smallest absolute Gasteiger partial charge is 0.153 e. The largest absolute Gasteiger partial charge is 0.204 e. The highest BCUT2D eigenvalue weighted by atomic mass is 32.1. The molecule has 142 valence electrons. The summed E-state index contributed by atoms with van der Waals surface area (Å²) < 4.78 is 27.8. The van der Waals surface area contributed by atoms with Crippen molar-refractivity contribution in [1.82, 2.24) is 0 Å². The SMILES string of the molecule is C=CC1CCC(C2CCC(C#Cc3cc(F)c(N=C=S)c(F)c3)CC2)CC1. The predicted molar refractivity (Wildman–Crippen MR) is 109 cm³/mol. The van der Waals surface area contributed by atoms with Crippen molar-refractivity contribution in [2.75, 3.05) is 0 Å². The molecule has 1 nitrogen and oxygen atoms in total. The maximum atomic E-state index is 13.9. The molecule has 2 saturated carbocycles. The van der Waals surface area contributed by atoms with Crippen molar-refractivity contribution in [1.29, 1.82) is 0 Å². The van der Waals surface area contributed by atoms with Gasteiger partial charge in [0, 0.05) is 11.5 Å². The van der Waals surface area contributed by atoms with Gasteiger partial charge in [-0.25, -0.2) is 8.78 Å². The van der Waals surface area contributed by atoms with Crippen molar-refractivity contribution >= 4 is 23.1 Å². The number of halogens is 2. The van der Waals surface area contributed by atoms with Crippen molar-refractivity contribution in [3.05, 3.63) is 42.0 Å². The van der Waals surface area contributed by atoms with E-state index in [1.165, 1.54) is 50.7 Å². The molecule has 4 heteroatoms. The Morgan fingerprint density at radius 2 is 1.52 bits per heavy atom. The van der Waals surface area contributed by atoms with E-state index in [1.807, 2.05) is 5.16 Å². The molecule has 0 radical (unpaired) electrons. The van der Waals surface area contributed by atoms with Gasteiger partial charge in [0.05, 0.1) is 5.16 Å². The van der Waals surface area contributed by atoms with Crippen LogP contribution in [0, 0.1) is 47.1 Å². The molecule has 0 aliphatic heterocycles. The Labute approximate surface area is 166 Å². The molecule has 0 aromatic heterocycles. The number of hydrogen-bond donors (Lipinski definition) is 0. The van der Waals surface area contributed by atoms with Crippen LogP contribution >= 0.6 is 12.2 Å². The van der Waals surface area contributed by atoms with E-state index in [1.54, 1.807) is 0 Å². The second-order valence-electron chi connectivity index (χ2n) is 7.78. The molecule has 0 heterocycles. The minimum atomic E-state index is -0.754. The lowest BCUT2D eigenvalue weighted by molar-refractivity contribution is 0.168. The van der Waals surface area contributed by atoms with E-state index < -0.39 is 17.3 Å². The van der Waals surface area contributed by atoms with Gasteiger partial charge in [-0.3, -0.25) is 0 Å². The summed E-state index contributed by atoms with van der Waals surface area (Å²) in [5.74, 6) is 7.35. The van der Waals surface area contributed by atoms with Gasteiger partial charge in [-0.15, -0.1) is 6.58 Å². The van der Waals surface area contributed by atoms with Gasteiger partial charge in [-0.05, 0) is 93.5 Å². The molecule has 1 aromatic carbocycles. The maximum Gasteiger partial charge on any atom is 0.153 e. The molecule has 1 aromatic rings. The van der Waals surface area contributed by atoms with E-state index in [4.69, 9.17) is 0 Å². The molecule has 0 unspecified atom stereocenters. The van der Waals surface area contributed by atoms with Crippen LogP contribution in [0.5, 0.6) is 0 Å². The molecule has 0 amide bonds. The van der Waals surface area contributed by atoms with Gasteiger partial charge in [0.15, 0.2) is 11.6 Å². The lowest BCUT2D eigenvalue weighted by Gasteiger charge is -2.36. The second kappa shape index (κ2) is 9.40. The van der Waals surface area contributed by atoms with Gasteiger partial charge in [0.25, 0.3) is 0 Å². The Bertz CT molecular complexity index is 761. The standard InChI is InChI=1S/C23H25F2NS/c1-2-16-5-9-19(10-6-16)20-11-7-17(8-12-20)3-4-18-13-21(24)23(26-15-27)22(25)14-18/h2,13-14,16-17,19-20H,1,5-12H2. The molecule has 3 rings (SSSR count). The Kier molecular flexibility index (Phi) is 6.94. The summed E-state index contributed by atoms with van der Waals surface area (Å²) in [6.45, 7) is 3.93. The number of allylic oxidation sites excluding steroid dienone is 1. The number of aliphatic imine (C=N–C) groups is 1. The zero-order chi connectivity index (χ0) is 19.2. The topological polar surface area (TPSA) is 12.4 Å². The Morgan fingerprint density at radius 3 is 2.04 bits per heavy atom. The van der Waals surface area contributed by atoms with Crippen LogP contribution in [-0.4, -0.2) is 5.16 Å². The first-order valence-corrected chi connectivity index (χ1v) is 10.2. The van der Waals surface area contributed by atoms with E-state index in [0.717, 1.165) is 24.7 Å². The van der Waals surface area contributed by atoms with Crippen LogP contribution in [0.3, 0.4) is 0 Å². The zero-order valence-corrected chi connectivity index (χ0v) is 16.3. The highest BCUT2D eigenvalue weighted by Crippen LogP contribution is 2.41. The highest BCUT2D eigenvalue weighted by molar-refractivity contribution is 7.78. The number of thiocarbonyl (C=S) groups is 1. The van der Waals surface area contributed by atoms with Crippen molar-refractivity contribution < 1.29 is 8.78 Å². The maximum absolute atomic E-state index is 13.9. The fourth-order valence-electron chi connectivity index (χ4n) is 4.56. The van der Waals surface area contributed by atoms with Crippen LogP contribution in [0.15, 0.2) is 29.8 Å². The molecular weight excluding hydrogens is 360 g/mol. The number of rotatable bonds is 3. The normalized spacial score (nSPS) is 27.8. The van der Waals surface area contributed by atoms with E-state index in [0.29, 0.717) is 17.4 Å². The lowest BCUT2D eigenvalue weighted by atomic mass is 9.69. The summed E-state index contributed by atoms with van der Waals surface area (Å²) >= 11 is 4.41. The minimum absolute atomic E-state index is 0.315. The first-order chi connectivity index (χ1) is 13.1. The average molecular weight is 386 g/mol. The van der Waals surface area contributed by atoms with Crippen molar-refractivity contribution in [2.45, 2.75) is 51.4 Å². The van der Waals surface area contributed by atoms with Crippen LogP contribution < -0.4 is 0 Å². The monoisotopic (exact) mass is 385 g/mol. The predicted octanol–water partition coefficient (Wildman–Crippen LogP) is 6.85. The summed E-state index contributed by atoms with van der Waals surface area (Å²) in [5, 5.41) is 1.99. The van der Waals surface area contributed by atoms with E-state index in [2.05, 4.69) is 41.7 Å². The fourth-order valence-corrected chi connectivity index (χ4v) is 4.65. The zero-order valence-electron chi connectivity index (χ0n) is 15.5. The third-order valence-corrected chi connectivity index (χ3v) is 6.27. The summed E-state index contributed by atoms with van der Waals surface area (Å²) in [6, 6.07) is 2.43. The first kappa shape index (κ1) is 19.9. The molecule has 0 saturated heterocycles. The Balaban J connectivity index is 1.56. The summed E-state index contributed by atoms with van der Waals surface area (Å²) in [6.07, 6.45) is 11.9. The van der Waals surface area contributed by atoms with E-state index in [9.17, 15) is 8.78 Å². The van der Waals surface area contributed by atoms with Crippen molar-refractivity contribution in [3.63, 3.8) is 0 Å². The molecule has 2 fully saturated rings. The molecular formula is C23H25F2NS. The minimum Gasteiger partial charge on any atom is -0.204 e. The van der Waals surface area contributed by atoms with E-state index in [-0.39, 0.29) is 0 Å². The van der Waals surface area contributed by atoms with Crippen LogP contribution in [0.2, 0.25) is 0 Å². The van der Waals surface area contributed by atoms with Gasteiger partial charge < -0.3 is 0 Å². The fraction of sp³-hybridized carbons (Fsp3) is 0.522. The van der Waals surface area contributed by atoms with Gasteiger partial charge in [-0.2, -0.15) is 4.99 Å². The van der Waals surface area contributed by atoms with Crippen molar-refractivity contribution in [3.8, 4) is 11.8 Å². The van der Waals surface area contributed by atoms with Gasteiger partial charge in [0.2, 0.25) is 0 Å². The number of hydrogen-bond acceptors (Lipinski definition) is 2. The van der Waals surface area contributed by atoms with E-state index >= 15 is 0 Å². The van der Waals surface area contributed by atoms with Crippen LogP contribution in [0.25, 0.3) is 0 Å². The summed E-state index contributed by atoms with van der Waals surface area (Å²) in [5.41, 5.74) is -0.0552. The average Bonchev–Trinajstić information content (AvgIpc) is 2.70. The Hall–Kier alpha value is -1.82. The third-order valence-electron chi connectivity index (χ3n) is 6.18. The first-order valence-electron chi connectivity index (χ1n) is 9.81. The summed E-state index contributed by atoms with van der Waals surface area (Å²) in [4.78, 5) is 3.42. The van der Waals surface area contributed by atoms with Gasteiger partial charge >= 0.3 is 0 Å². The lowest BCUT2D eigenvalue weighted by Crippen LogP contribution is -2.25. The quantitative estimate of drug-likeness (QED) is 0.240.